The van der Waals surface area contributed by atoms with E-state index in [1.54, 1.807) is 0 Å². The number of hydrogen-bond donors (Lipinski definition) is 3. The summed E-state index contributed by atoms with van der Waals surface area (Å²) in [5, 5.41) is 16.1. The highest BCUT2D eigenvalue weighted by Gasteiger charge is 2.45. The largest absolute Gasteiger partial charge is 0.493 e. The van der Waals surface area contributed by atoms with Crippen molar-refractivity contribution in [3.63, 3.8) is 0 Å². The summed E-state index contributed by atoms with van der Waals surface area (Å²) < 4.78 is 22.7. The molecule has 6 aromatic rings. The second-order valence-electron chi connectivity index (χ2n) is 18.6. The van der Waals surface area contributed by atoms with E-state index in [1.165, 1.54) is 17.4 Å². The van der Waals surface area contributed by atoms with Crippen LogP contribution in [-0.2, 0) is 22.6 Å². The van der Waals surface area contributed by atoms with E-state index in [9.17, 15) is 33.9 Å². The van der Waals surface area contributed by atoms with Crippen LogP contribution in [0.1, 0.15) is 103 Å². The van der Waals surface area contributed by atoms with Crippen molar-refractivity contribution < 1.29 is 43.0 Å². The van der Waals surface area contributed by atoms with Gasteiger partial charge in [-0.2, -0.15) is 0 Å². The average molecular weight is 993 g/mol. The minimum absolute atomic E-state index is 0.00891. The topological polar surface area (TPSA) is 195 Å². The molecule has 16 nitrogen and oxygen atoms in total. The predicted octanol–water partition coefficient (Wildman–Crippen LogP) is 7.87. The van der Waals surface area contributed by atoms with Gasteiger partial charge in [-0.3, -0.25) is 44.4 Å². The molecule has 370 valence electrons. The van der Waals surface area contributed by atoms with Crippen molar-refractivity contribution in [1.82, 2.24) is 25.1 Å². The van der Waals surface area contributed by atoms with Gasteiger partial charge in [0.2, 0.25) is 11.8 Å². The van der Waals surface area contributed by atoms with Crippen LogP contribution in [0.5, 0.6) is 5.75 Å². The lowest BCUT2D eigenvalue weighted by molar-refractivity contribution is -0.136. The fraction of sp³-hybridized carbons (Fsp3) is 0.333. The monoisotopic (exact) mass is 992 g/mol. The first-order chi connectivity index (χ1) is 34.9. The second-order valence-corrected chi connectivity index (χ2v) is 19.6. The molecule has 0 aliphatic carbocycles. The molecule has 3 N–H and O–H groups in total. The number of anilines is 3. The molecule has 72 heavy (non-hydrogen) atoms. The van der Waals surface area contributed by atoms with E-state index >= 15 is 4.39 Å². The molecule has 0 spiro atoms. The number of carbonyl (C=O) groups is 6. The first-order valence-corrected chi connectivity index (χ1v) is 25.3. The number of rotatable bonds is 16. The zero-order chi connectivity index (χ0) is 50.0. The zero-order valence-corrected chi connectivity index (χ0v) is 40.6. The molecule has 2 aromatic heterocycles. The Balaban J connectivity index is 0.679. The predicted molar refractivity (Wildman–Crippen MR) is 270 cm³/mol. The van der Waals surface area contributed by atoms with Crippen molar-refractivity contribution in [3.05, 3.63) is 130 Å². The number of halogens is 1. The number of thiazole rings is 1. The van der Waals surface area contributed by atoms with E-state index in [2.05, 4.69) is 20.5 Å². The maximum absolute atomic E-state index is 15.4. The van der Waals surface area contributed by atoms with E-state index in [-0.39, 0.29) is 41.3 Å². The number of unbranched alkanes of at least 4 members (excludes halogenated alkanes) is 4. The third-order valence-corrected chi connectivity index (χ3v) is 15.1. The molecule has 4 aliphatic heterocycles. The van der Waals surface area contributed by atoms with Crippen molar-refractivity contribution in [2.45, 2.75) is 70.9 Å². The molecule has 4 aromatic carbocycles. The van der Waals surface area contributed by atoms with Crippen LogP contribution in [0.4, 0.5) is 21.0 Å². The summed E-state index contributed by atoms with van der Waals surface area (Å²) in [5.41, 5.74) is 5.53. The van der Waals surface area contributed by atoms with Gasteiger partial charge in [-0.05, 0) is 110 Å². The lowest BCUT2D eigenvalue weighted by Crippen LogP contribution is -2.54. The number of imide groups is 2. The van der Waals surface area contributed by atoms with Crippen LogP contribution in [0.2, 0.25) is 0 Å². The number of aromatic carboxylic acids is 1. The molecule has 0 radical (unpaired) electrons. The van der Waals surface area contributed by atoms with Gasteiger partial charge in [0.05, 0.1) is 33.6 Å². The highest BCUT2D eigenvalue weighted by molar-refractivity contribution is 7.22. The molecular formula is C54H53FN8O8S. The number of carbonyl (C=O) groups excluding carboxylic acids is 5. The smallest absolute Gasteiger partial charge is 0.355 e. The number of amides is 5. The van der Waals surface area contributed by atoms with Crippen molar-refractivity contribution in [3.8, 4) is 16.9 Å². The molecule has 1 unspecified atom stereocenters. The molecule has 10 rings (SSSR count). The molecule has 4 aliphatic rings. The Bertz CT molecular complexity index is 3120. The van der Waals surface area contributed by atoms with Gasteiger partial charge in [0.25, 0.3) is 17.7 Å². The van der Waals surface area contributed by atoms with Crippen LogP contribution in [-0.4, -0.2) is 112 Å². The minimum atomic E-state index is -1.14. The number of piperidine rings is 1. The summed E-state index contributed by atoms with van der Waals surface area (Å²) in [7, 11) is 0. The Morgan fingerprint density at radius 3 is 2.36 bits per heavy atom. The molecule has 0 saturated carbocycles. The number of aromatic nitrogens is 2. The van der Waals surface area contributed by atoms with E-state index in [4.69, 9.17) is 9.72 Å². The van der Waals surface area contributed by atoms with Gasteiger partial charge in [-0.25, -0.2) is 19.2 Å². The highest BCUT2D eigenvalue weighted by Crippen LogP contribution is 2.36. The molecule has 1 atom stereocenters. The quantitative estimate of drug-likeness (QED) is 0.0627. The van der Waals surface area contributed by atoms with Gasteiger partial charge in [-0.1, -0.05) is 67.0 Å². The van der Waals surface area contributed by atoms with Gasteiger partial charge in [0.15, 0.2) is 10.8 Å². The number of carboxylic acid groups (broad SMARTS) is 1. The van der Waals surface area contributed by atoms with Crippen molar-refractivity contribution in [2.24, 2.45) is 0 Å². The van der Waals surface area contributed by atoms with Gasteiger partial charge in [-0.15, -0.1) is 0 Å². The normalized spacial score (nSPS) is 17.0. The standard InChI is InChI=1S/C54H53FN8O8S/c1-32-34(35-17-19-46(57-48(35)53(69)70)62-23-21-33-11-9-13-36(39(33)31-62)49(65)59-54-56-41-14-5-6-16-45(41)72-54)12-10-15-44(32)71-28-8-4-2-3-7-22-60-24-26-61(27-25-60)43-30-38-37(29-40(43)55)51(67)63(52(38)68)42-18-20-47(64)58-50(42)66/h5-6,9-17,19,29-30,42H,2-4,7-8,18,20-28,31H2,1H3,(H,69,70)(H,56,59,65)(H,58,64,66). The van der Waals surface area contributed by atoms with Crippen molar-refractivity contribution in [2.75, 3.05) is 61.0 Å². The summed E-state index contributed by atoms with van der Waals surface area (Å²) >= 11 is 1.42. The third-order valence-electron chi connectivity index (χ3n) is 14.1. The summed E-state index contributed by atoms with van der Waals surface area (Å²) in [6, 6.07) is 24.1. The molecule has 2 saturated heterocycles. The molecule has 0 bridgehead atoms. The Labute approximate surface area is 418 Å². The Hall–Kier alpha value is -7.57. The van der Waals surface area contributed by atoms with Crippen LogP contribution in [0, 0.1) is 12.7 Å². The summed E-state index contributed by atoms with van der Waals surface area (Å²) in [6.45, 7) is 6.89. The lowest BCUT2D eigenvalue weighted by Gasteiger charge is -2.36. The van der Waals surface area contributed by atoms with Crippen LogP contribution < -0.4 is 25.2 Å². The van der Waals surface area contributed by atoms with E-state index in [1.807, 2.05) is 89.5 Å². The fourth-order valence-electron chi connectivity index (χ4n) is 10.2. The molecule has 18 heteroatoms. The van der Waals surface area contributed by atoms with E-state index in [0.717, 1.165) is 95.2 Å². The number of nitrogens with one attached hydrogen (secondary N) is 2. The maximum atomic E-state index is 15.4. The number of hydrogen-bond acceptors (Lipinski definition) is 13. The molecule has 2 fully saturated rings. The summed E-state index contributed by atoms with van der Waals surface area (Å²) in [4.78, 5) is 93.3. The Morgan fingerprint density at radius 2 is 1.57 bits per heavy atom. The Kier molecular flexibility index (Phi) is 13.8. The van der Waals surface area contributed by atoms with Gasteiger partial charge >= 0.3 is 5.97 Å². The number of carboxylic acids is 1. The third kappa shape index (κ3) is 9.75. The first-order valence-electron chi connectivity index (χ1n) is 24.4. The number of pyridine rings is 1. The van der Waals surface area contributed by atoms with Crippen molar-refractivity contribution >= 4 is 73.7 Å². The van der Waals surface area contributed by atoms with Crippen LogP contribution in [0.3, 0.4) is 0 Å². The second kappa shape index (κ2) is 20.6. The SMILES string of the molecule is Cc1c(OCCCCCCCN2CCN(c3cc4c(cc3F)C(=O)N(C3CCC(=O)NC3=O)C4=O)CC2)cccc1-c1ccc(N2CCc3cccc(C(=O)Nc4nc5ccccc5s4)c3C2)nc1C(=O)O. The van der Waals surface area contributed by atoms with Crippen LogP contribution in [0.25, 0.3) is 21.3 Å². The molecule has 6 heterocycles. The zero-order valence-electron chi connectivity index (χ0n) is 39.7. The summed E-state index contributed by atoms with van der Waals surface area (Å²) in [6.07, 6.45) is 5.63. The first kappa shape index (κ1) is 48.1. The number of fused-ring (bicyclic) bond motifs is 3. The molecular weight excluding hydrogens is 940 g/mol. The van der Waals surface area contributed by atoms with Gasteiger partial charge < -0.3 is 19.6 Å². The number of para-hydroxylation sites is 1. The van der Waals surface area contributed by atoms with E-state index in [0.29, 0.717) is 67.0 Å². The van der Waals surface area contributed by atoms with E-state index < -0.39 is 41.5 Å². The molecule has 5 amide bonds. The van der Waals surface area contributed by atoms with Gasteiger partial charge in [0, 0.05) is 56.8 Å². The number of benzene rings is 4. The number of nitrogens with zero attached hydrogens (tertiary/aromatic N) is 6. The number of piperazine rings is 1. The number of ether oxygens (including phenoxy) is 1. The maximum Gasteiger partial charge on any atom is 0.355 e. The van der Waals surface area contributed by atoms with Gasteiger partial charge in [0.1, 0.15) is 23.4 Å². The highest BCUT2D eigenvalue weighted by atomic mass is 32.1. The lowest BCUT2D eigenvalue weighted by atomic mass is 9.94. The van der Waals surface area contributed by atoms with Crippen LogP contribution in [0.15, 0.2) is 84.9 Å². The fourth-order valence-corrected chi connectivity index (χ4v) is 11.1. The summed E-state index contributed by atoms with van der Waals surface area (Å²) in [5.74, 6) is -3.34. The minimum Gasteiger partial charge on any atom is -0.493 e. The Morgan fingerprint density at radius 1 is 0.806 bits per heavy atom. The van der Waals surface area contributed by atoms with Crippen molar-refractivity contribution in [1.29, 1.82) is 0 Å². The average Bonchev–Trinajstić information content (AvgIpc) is 3.90. The van der Waals surface area contributed by atoms with Crippen LogP contribution >= 0.6 is 11.3 Å².